The SMILES string of the molecule is Cc1cc(N2CCN(C(=O)c3ccc(F)cc3-c3ncccn3)C[C@H](C)O2)nc(C)n1. The van der Waals surface area contributed by atoms with Crippen LogP contribution in [0.2, 0.25) is 0 Å². The Balaban J connectivity index is 1.60. The average molecular weight is 422 g/mol. The second-order valence-corrected chi connectivity index (χ2v) is 7.45. The summed E-state index contributed by atoms with van der Waals surface area (Å²) in [7, 11) is 0. The van der Waals surface area contributed by atoms with Gasteiger partial charge in [0.2, 0.25) is 0 Å². The molecule has 0 unspecified atom stereocenters. The number of carbonyl (C=O) groups is 1. The number of benzene rings is 1. The van der Waals surface area contributed by atoms with Crippen molar-refractivity contribution < 1.29 is 14.0 Å². The van der Waals surface area contributed by atoms with E-state index >= 15 is 0 Å². The van der Waals surface area contributed by atoms with Crippen LogP contribution in [0, 0.1) is 19.7 Å². The molecule has 160 valence electrons. The van der Waals surface area contributed by atoms with E-state index in [1.165, 1.54) is 18.2 Å². The predicted octanol–water partition coefficient (Wildman–Crippen LogP) is 2.97. The first-order valence-electron chi connectivity index (χ1n) is 10.0. The number of hydrogen-bond donors (Lipinski definition) is 0. The van der Waals surface area contributed by atoms with Crippen LogP contribution in [0.25, 0.3) is 11.4 Å². The van der Waals surface area contributed by atoms with Crippen LogP contribution in [0.3, 0.4) is 0 Å². The Morgan fingerprint density at radius 1 is 1.13 bits per heavy atom. The number of rotatable bonds is 3. The van der Waals surface area contributed by atoms with Crippen molar-refractivity contribution in [1.82, 2.24) is 24.8 Å². The third kappa shape index (κ3) is 4.66. The molecule has 0 spiro atoms. The van der Waals surface area contributed by atoms with Crippen molar-refractivity contribution in [3.63, 3.8) is 0 Å². The molecule has 0 saturated carbocycles. The highest BCUT2D eigenvalue weighted by molar-refractivity contribution is 6.00. The lowest BCUT2D eigenvalue weighted by molar-refractivity contribution is 0.0423. The Bertz CT molecular complexity index is 1070. The van der Waals surface area contributed by atoms with Gasteiger partial charge in [-0.25, -0.2) is 29.4 Å². The molecule has 0 bridgehead atoms. The van der Waals surface area contributed by atoms with Crippen molar-refractivity contribution in [2.24, 2.45) is 0 Å². The first kappa shape index (κ1) is 20.8. The normalized spacial score (nSPS) is 16.8. The summed E-state index contributed by atoms with van der Waals surface area (Å²) >= 11 is 0. The van der Waals surface area contributed by atoms with Crippen LogP contribution in [-0.4, -0.2) is 56.5 Å². The summed E-state index contributed by atoms with van der Waals surface area (Å²) in [4.78, 5) is 38.2. The summed E-state index contributed by atoms with van der Waals surface area (Å²) in [5.41, 5.74) is 1.55. The first-order valence-corrected chi connectivity index (χ1v) is 10.0. The summed E-state index contributed by atoms with van der Waals surface area (Å²) < 4.78 is 14.0. The Morgan fingerprint density at radius 3 is 2.65 bits per heavy atom. The van der Waals surface area contributed by atoms with E-state index in [2.05, 4.69) is 19.9 Å². The molecular formula is C22H23FN6O2. The van der Waals surface area contributed by atoms with Crippen molar-refractivity contribution in [1.29, 1.82) is 0 Å². The minimum atomic E-state index is -0.452. The number of hydroxylamine groups is 1. The summed E-state index contributed by atoms with van der Waals surface area (Å²) in [5.74, 6) is 0.939. The van der Waals surface area contributed by atoms with E-state index in [1.54, 1.807) is 28.4 Å². The molecule has 1 amide bonds. The molecular weight excluding hydrogens is 399 g/mol. The van der Waals surface area contributed by atoms with E-state index in [-0.39, 0.29) is 12.0 Å². The number of aromatic nitrogens is 4. The highest BCUT2D eigenvalue weighted by Gasteiger charge is 2.28. The molecule has 0 N–H and O–H groups in total. The van der Waals surface area contributed by atoms with Crippen LogP contribution in [0.4, 0.5) is 10.2 Å². The van der Waals surface area contributed by atoms with Crippen molar-refractivity contribution in [3.8, 4) is 11.4 Å². The number of amides is 1. The molecule has 8 nitrogen and oxygen atoms in total. The van der Waals surface area contributed by atoms with E-state index in [4.69, 9.17) is 4.84 Å². The molecule has 1 aromatic carbocycles. The lowest BCUT2D eigenvalue weighted by Crippen LogP contribution is -2.37. The second-order valence-electron chi connectivity index (χ2n) is 7.45. The zero-order chi connectivity index (χ0) is 22.0. The fourth-order valence-electron chi connectivity index (χ4n) is 3.59. The third-order valence-corrected chi connectivity index (χ3v) is 4.87. The summed E-state index contributed by atoms with van der Waals surface area (Å²) in [6.45, 7) is 6.85. The standard InChI is InChI=1S/C22H23FN6O2/c1-14-11-20(27-16(3)26-14)29-10-9-28(13-15(2)31-29)22(30)18-6-5-17(23)12-19(18)21-24-7-4-8-25-21/h4-8,11-12,15H,9-10,13H2,1-3H3/t15-/m0/s1. The first-order chi connectivity index (χ1) is 14.9. The maximum Gasteiger partial charge on any atom is 0.254 e. The van der Waals surface area contributed by atoms with Gasteiger partial charge in [-0.1, -0.05) is 0 Å². The van der Waals surface area contributed by atoms with Crippen LogP contribution in [0.5, 0.6) is 0 Å². The predicted molar refractivity (Wildman–Crippen MR) is 113 cm³/mol. The molecule has 1 fully saturated rings. The Labute approximate surface area is 179 Å². The molecule has 1 aliphatic heterocycles. The van der Waals surface area contributed by atoms with Gasteiger partial charge >= 0.3 is 0 Å². The van der Waals surface area contributed by atoms with E-state index in [1.807, 2.05) is 26.8 Å². The van der Waals surface area contributed by atoms with Gasteiger partial charge in [0.25, 0.3) is 5.91 Å². The molecule has 2 aromatic heterocycles. The van der Waals surface area contributed by atoms with Gasteiger partial charge in [-0.15, -0.1) is 0 Å². The molecule has 1 atom stereocenters. The molecule has 31 heavy (non-hydrogen) atoms. The highest BCUT2D eigenvalue weighted by Crippen LogP contribution is 2.24. The molecule has 4 rings (SSSR count). The van der Waals surface area contributed by atoms with Crippen molar-refractivity contribution in [2.75, 3.05) is 24.7 Å². The Kier molecular flexibility index (Phi) is 5.85. The number of nitrogens with zero attached hydrogens (tertiary/aromatic N) is 6. The van der Waals surface area contributed by atoms with Gasteiger partial charge in [0, 0.05) is 42.8 Å². The minimum Gasteiger partial charge on any atom is -0.334 e. The fourth-order valence-corrected chi connectivity index (χ4v) is 3.59. The average Bonchev–Trinajstić information content (AvgIpc) is 2.95. The number of hydrogen-bond acceptors (Lipinski definition) is 7. The summed E-state index contributed by atoms with van der Waals surface area (Å²) in [6.07, 6.45) is 2.86. The molecule has 9 heteroatoms. The lowest BCUT2D eigenvalue weighted by Gasteiger charge is -2.22. The van der Waals surface area contributed by atoms with Crippen molar-refractivity contribution >= 4 is 11.7 Å². The highest BCUT2D eigenvalue weighted by atomic mass is 19.1. The van der Waals surface area contributed by atoms with Gasteiger partial charge in [0.1, 0.15) is 17.7 Å². The third-order valence-electron chi connectivity index (χ3n) is 4.87. The van der Waals surface area contributed by atoms with Gasteiger partial charge in [-0.3, -0.25) is 9.63 Å². The van der Waals surface area contributed by atoms with Crippen LogP contribution in [0.15, 0.2) is 42.7 Å². The molecule has 1 aliphatic rings. The van der Waals surface area contributed by atoms with Crippen LogP contribution in [-0.2, 0) is 4.84 Å². The minimum absolute atomic E-state index is 0.227. The van der Waals surface area contributed by atoms with Crippen LogP contribution >= 0.6 is 0 Å². The summed E-state index contributed by atoms with van der Waals surface area (Å²) in [6, 6.07) is 7.56. The zero-order valence-corrected chi connectivity index (χ0v) is 17.6. The number of aryl methyl sites for hydroxylation is 2. The number of carbonyl (C=O) groups excluding carboxylic acids is 1. The van der Waals surface area contributed by atoms with Crippen LogP contribution in [0.1, 0.15) is 28.8 Å². The van der Waals surface area contributed by atoms with E-state index in [0.29, 0.717) is 48.2 Å². The largest absolute Gasteiger partial charge is 0.334 e. The fraction of sp³-hybridized carbons (Fsp3) is 0.318. The number of halogens is 1. The van der Waals surface area contributed by atoms with Crippen LogP contribution < -0.4 is 5.06 Å². The quantitative estimate of drug-likeness (QED) is 0.642. The number of anilines is 1. The van der Waals surface area contributed by atoms with E-state index in [9.17, 15) is 9.18 Å². The zero-order valence-electron chi connectivity index (χ0n) is 17.6. The molecule has 0 aliphatic carbocycles. The molecule has 3 aromatic rings. The van der Waals surface area contributed by atoms with Crippen molar-refractivity contribution in [2.45, 2.75) is 26.9 Å². The lowest BCUT2D eigenvalue weighted by atomic mass is 10.0. The molecule has 0 radical (unpaired) electrons. The van der Waals surface area contributed by atoms with Gasteiger partial charge < -0.3 is 4.90 Å². The Morgan fingerprint density at radius 2 is 1.90 bits per heavy atom. The van der Waals surface area contributed by atoms with Crippen molar-refractivity contribution in [3.05, 3.63) is 65.6 Å². The molecule has 1 saturated heterocycles. The van der Waals surface area contributed by atoms with E-state index < -0.39 is 5.82 Å². The smallest absolute Gasteiger partial charge is 0.254 e. The maximum atomic E-state index is 14.0. The Hall–Kier alpha value is -3.46. The molecule has 3 heterocycles. The van der Waals surface area contributed by atoms with Gasteiger partial charge in [0.15, 0.2) is 11.6 Å². The topological polar surface area (TPSA) is 84.3 Å². The maximum absolute atomic E-state index is 14.0. The van der Waals surface area contributed by atoms with Gasteiger partial charge in [0.05, 0.1) is 12.1 Å². The van der Waals surface area contributed by atoms with Gasteiger partial charge in [-0.05, 0) is 45.0 Å². The second kappa shape index (κ2) is 8.73. The monoisotopic (exact) mass is 422 g/mol. The van der Waals surface area contributed by atoms with Gasteiger partial charge in [-0.2, -0.15) is 0 Å². The summed E-state index contributed by atoms with van der Waals surface area (Å²) in [5, 5.41) is 1.70. The van der Waals surface area contributed by atoms with E-state index in [0.717, 1.165) is 5.69 Å².